The summed E-state index contributed by atoms with van der Waals surface area (Å²) in [5.74, 6) is 0.891. The van der Waals surface area contributed by atoms with Crippen LogP contribution in [0.25, 0.3) is 11.1 Å². The first kappa shape index (κ1) is 11.5. The number of aryl methyl sites for hydroxylation is 1. The standard InChI is InChI=1S/C15H17NO/c1-3-17-13-7-5-12(6-8-13)14-10-11(2)4-9-15(14)16/h4-10H,3,16H2,1-2H3. The summed E-state index contributed by atoms with van der Waals surface area (Å²) in [6, 6.07) is 14.1. The summed E-state index contributed by atoms with van der Waals surface area (Å²) in [5.41, 5.74) is 10.2. The van der Waals surface area contributed by atoms with Crippen LogP contribution in [0.15, 0.2) is 42.5 Å². The molecular formula is C15H17NO. The van der Waals surface area contributed by atoms with Crippen LogP contribution in [0.5, 0.6) is 5.75 Å². The van der Waals surface area contributed by atoms with E-state index in [1.54, 1.807) is 0 Å². The van der Waals surface area contributed by atoms with Crippen LogP contribution >= 0.6 is 0 Å². The molecular weight excluding hydrogens is 210 g/mol. The Kier molecular flexibility index (Phi) is 3.33. The number of hydrogen-bond donors (Lipinski definition) is 1. The third-order valence-corrected chi connectivity index (χ3v) is 2.69. The van der Waals surface area contributed by atoms with Gasteiger partial charge in [-0.25, -0.2) is 0 Å². The Balaban J connectivity index is 2.36. The van der Waals surface area contributed by atoms with Crippen molar-refractivity contribution in [3.63, 3.8) is 0 Å². The quantitative estimate of drug-likeness (QED) is 0.812. The molecule has 0 spiro atoms. The molecule has 0 saturated heterocycles. The van der Waals surface area contributed by atoms with Gasteiger partial charge in [-0.1, -0.05) is 23.8 Å². The fourth-order valence-electron chi connectivity index (χ4n) is 1.82. The number of anilines is 1. The highest BCUT2D eigenvalue weighted by Crippen LogP contribution is 2.28. The van der Waals surface area contributed by atoms with Gasteiger partial charge in [0.15, 0.2) is 0 Å². The number of rotatable bonds is 3. The van der Waals surface area contributed by atoms with Gasteiger partial charge in [-0.05, 0) is 43.7 Å². The lowest BCUT2D eigenvalue weighted by Gasteiger charge is -2.08. The molecule has 2 N–H and O–H groups in total. The largest absolute Gasteiger partial charge is 0.494 e. The van der Waals surface area contributed by atoms with Crippen molar-refractivity contribution in [3.05, 3.63) is 48.0 Å². The molecule has 0 bridgehead atoms. The van der Waals surface area contributed by atoms with Crippen LogP contribution in [-0.2, 0) is 0 Å². The molecule has 88 valence electrons. The second-order valence-corrected chi connectivity index (χ2v) is 4.05. The predicted molar refractivity (Wildman–Crippen MR) is 72.2 cm³/mol. The first-order valence-corrected chi connectivity index (χ1v) is 5.80. The SMILES string of the molecule is CCOc1ccc(-c2cc(C)ccc2N)cc1. The average molecular weight is 227 g/mol. The molecule has 0 saturated carbocycles. The van der Waals surface area contributed by atoms with Crippen molar-refractivity contribution in [2.75, 3.05) is 12.3 Å². The molecule has 17 heavy (non-hydrogen) atoms. The molecule has 0 unspecified atom stereocenters. The van der Waals surface area contributed by atoms with Crippen LogP contribution in [0.3, 0.4) is 0 Å². The minimum Gasteiger partial charge on any atom is -0.494 e. The van der Waals surface area contributed by atoms with E-state index in [0.717, 1.165) is 22.6 Å². The first-order valence-electron chi connectivity index (χ1n) is 5.80. The van der Waals surface area contributed by atoms with Crippen molar-refractivity contribution in [3.8, 4) is 16.9 Å². The summed E-state index contributed by atoms with van der Waals surface area (Å²) in [6.07, 6.45) is 0. The predicted octanol–water partition coefficient (Wildman–Crippen LogP) is 3.64. The van der Waals surface area contributed by atoms with Gasteiger partial charge in [0, 0.05) is 11.3 Å². The first-order chi connectivity index (χ1) is 8.20. The van der Waals surface area contributed by atoms with Gasteiger partial charge in [-0.15, -0.1) is 0 Å². The zero-order valence-corrected chi connectivity index (χ0v) is 10.2. The Morgan fingerprint density at radius 1 is 1.06 bits per heavy atom. The molecule has 2 rings (SSSR count). The van der Waals surface area contributed by atoms with Crippen LogP contribution in [0.2, 0.25) is 0 Å². The second-order valence-electron chi connectivity index (χ2n) is 4.05. The summed E-state index contributed by atoms with van der Waals surface area (Å²) < 4.78 is 5.42. The minimum absolute atomic E-state index is 0.686. The number of ether oxygens (including phenoxy) is 1. The van der Waals surface area contributed by atoms with Crippen molar-refractivity contribution in [2.45, 2.75) is 13.8 Å². The molecule has 0 atom stereocenters. The van der Waals surface area contributed by atoms with Crippen LogP contribution in [0.4, 0.5) is 5.69 Å². The summed E-state index contributed by atoms with van der Waals surface area (Å²) in [6.45, 7) is 4.73. The van der Waals surface area contributed by atoms with Crippen molar-refractivity contribution in [2.24, 2.45) is 0 Å². The van der Waals surface area contributed by atoms with Crippen LogP contribution in [0.1, 0.15) is 12.5 Å². The maximum Gasteiger partial charge on any atom is 0.119 e. The highest BCUT2D eigenvalue weighted by molar-refractivity contribution is 5.77. The monoisotopic (exact) mass is 227 g/mol. The maximum atomic E-state index is 5.99. The molecule has 0 heterocycles. The average Bonchev–Trinajstić information content (AvgIpc) is 2.34. The molecule has 0 aliphatic heterocycles. The van der Waals surface area contributed by atoms with Crippen molar-refractivity contribution < 1.29 is 4.74 Å². The highest BCUT2D eigenvalue weighted by atomic mass is 16.5. The minimum atomic E-state index is 0.686. The molecule has 0 radical (unpaired) electrons. The summed E-state index contributed by atoms with van der Waals surface area (Å²) in [7, 11) is 0. The molecule has 0 aromatic heterocycles. The molecule has 0 aliphatic rings. The van der Waals surface area contributed by atoms with Crippen LogP contribution < -0.4 is 10.5 Å². The lowest BCUT2D eigenvalue weighted by molar-refractivity contribution is 0.340. The number of benzene rings is 2. The third-order valence-electron chi connectivity index (χ3n) is 2.69. The smallest absolute Gasteiger partial charge is 0.119 e. The lowest BCUT2D eigenvalue weighted by atomic mass is 10.0. The number of nitrogens with two attached hydrogens (primary N) is 1. The Morgan fingerprint density at radius 2 is 1.76 bits per heavy atom. The Morgan fingerprint density at radius 3 is 2.41 bits per heavy atom. The van der Waals surface area contributed by atoms with E-state index in [-0.39, 0.29) is 0 Å². The Bertz CT molecular complexity index is 503. The van der Waals surface area contributed by atoms with E-state index < -0.39 is 0 Å². The van der Waals surface area contributed by atoms with Gasteiger partial charge in [-0.2, -0.15) is 0 Å². The van der Waals surface area contributed by atoms with Crippen LogP contribution in [-0.4, -0.2) is 6.61 Å². The van der Waals surface area contributed by atoms with E-state index in [2.05, 4.69) is 13.0 Å². The number of nitrogen functional groups attached to an aromatic ring is 1. The van der Waals surface area contributed by atoms with E-state index in [9.17, 15) is 0 Å². The van der Waals surface area contributed by atoms with Gasteiger partial charge in [0.05, 0.1) is 6.61 Å². The van der Waals surface area contributed by atoms with Crippen molar-refractivity contribution in [1.29, 1.82) is 0 Å². The van der Waals surface area contributed by atoms with E-state index in [4.69, 9.17) is 10.5 Å². The van der Waals surface area contributed by atoms with E-state index in [0.29, 0.717) is 6.61 Å². The molecule has 0 fully saturated rings. The lowest BCUT2D eigenvalue weighted by Crippen LogP contribution is -1.92. The van der Waals surface area contributed by atoms with Gasteiger partial charge in [0.1, 0.15) is 5.75 Å². The second kappa shape index (κ2) is 4.91. The van der Waals surface area contributed by atoms with Gasteiger partial charge >= 0.3 is 0 Å². The fourth-order valence-corrected chi connectivity index (χ4v) is 1.82. The molecule has 0 aliphatic carbocycles. The molecule has 0 amide bonds. The van der Waals surface area contributed by atoms with Crippen LogP contribution in [0, 0.1) is 6.92 Å². The maximum absolute atomic E-state index is 5.99. The topological polar surface area (TPSA) is 35.2 Å². The van der Waals surface area contributed by atoms with Crippen molar-refractivity contribution >= 4 is 5.69 Å². The van der Waals surface area contributed by atoms with Gasteiger partial charge in [-0.3, -0.25) is 0 Å². The number of hydrogen-bond acceptors (Lipinski definition) is 2. The molecule has 2 heteroatoms. The summed E-state index contributed by atoms with van der Waals surface area (Å²) in [5, 5.41) is 0. The normalized spacial score (nSPS) is 10.2. The molecule has 2 nitrogen and oxygen atoms in total. The van der Waals surface area contributed by atoms with E-state index in [1.165, 1.54) is 5.56 Å². The molecule has 2 aromatic rings. The van der Waals surface area contributed by atoms with Gasteiger partial charge in [0.2, 0.25) is 0 Å². The third kappa shape index (κ3) is 2.59. The van der Waals surface area contributed by atoms with E-state index >= 15 is 0 Å². The Labute approximate surface area is 102 Å². The fraction of sp³-hybridized carbons (Fsp3) is 0.200. The molecule has 2 aromatic carbocycles. The van der Waals surface area contributed by atoms with E-state index in [1.807, 2.05) is 43.3 Å². The summed E-state index contributed by atoms with van der Waals surface area (Å²) >= 11 is 0. The highest BCUT2D eigenvalue weighted by Gasteiger charge is 2.03. The van der Waals surface area contributed by atoms with Crippen molar-refractivity contribution in [1.82, 2.24) is 0 Å². The van der Waals surface area contributed by atoms with Gasteiger partial charge in [0.25, 0.3) is 0 Å². The van der Waals surface area contributed by atoms with Gasteiger partial charge < -0.3 is 10.5 Å². The zero-order chi connectivity index (χ0) is 12.3. The Hall–Kier alpha value is -1.96. The zero-order valence-electron chi connectivity index (χ0n) is 10.2. The summed E-state index contributed by atoms with van der Waals surface area (Å²) in [4.78, 5) is 0.